The number of carbonyl (C=O) groups excluding carboxylic acids is 1. The Kier molecular flexibility index (Phi) is 4.37. The minimum Gasteiger partial charge on any atom is -0.497 e. The molecule has 0 saturated heterocycles. The van der Waals surface area contributed by atoms with Crippen LogP contribution < -0.4 is 10.1 Å². The Bertz CT molecular complexity index is 618. The van der Waals surface area contributed by atoms with Crippen molar-refractivity contribution in [1.29, 1.82) is 0 Å². The lowest BCUT2D eigenvalue weighted by Crippen LogP contribution is -2.15. The van der Waals surface area contributed by atoms with Gasteiger partial charge in [-0.2, -0.15) is 0 Å². The van der Waals surface area contributed by atoms with Crippen LogP contribution in [-0.4, -0.2) is 24.1 Å². The summed E-state index contributed by atoms with van der Waals surface area (Å²) in [5.41, 5.74) is 0.940. The number of benzene rings is 1. The minimum atomic E-state index is -1.05. The molecule has 2 N–H and O–H groups in total. The zero-order chi connectivity index (χ0) is 14.5. The zero-order valence-electron chi connectivity index (χ0n) is 10.8. The van der Waals surface area contributed by atoms with E-state index in [1.165, 1.54) is 17.4 Å². The lowest BCUT2D eigenvalue weighted by Gasteiger charge is -2.05. The van der Waals surface area contributed by atoms with Gasteiger partial charge in [0.2, 0.25) is 5.91 Å². The molecule has 2 aromatic rings. The first kappa shape index (κ1) is 14.1. The van der Waals surface area contributed by atoms with Crippen molar-refractivity contribution in [1.82, 2.24) is 0 Å². The molecule has 0 saturated carbocycles. The Hall–Kier alpha value is -2.34. The summed E-state index contributed by atoms with van der Waals surface area (Å²) >= 11 is 1.19. The second kappa shape index (κ2) is 6.21. The van der Waals surface area contributed by atoms with Gasteiger partial charge in [-0.15, -0.1) is 11.3 Å². The number of amides is 1. The number of methoxy groups -OCH3 is 1. The Morgan fingerprint density at radius 1 is 1.25 bits per heavy atom. The highest BCUT2D eigenvalue weighted by molar-refractivity contribution is 7.14. The van der Waals surface area contributed by atoms with E-state index in [1.54, 1.807) is 36.8 Å². The van der Waals surface area contributed by atoms with Gasteiger partial charge in [-0.25, -0.2) is 4.79 Å². The van der Waals surface area contributed by atoms with E-state index in [0.717, 1.165) is 11.3 Å². The van der Waals surface area contributed by atoms with Crippen molar-refractivity contribution in [2.24, 2.45) is 0 Å². The second-order valence-corrected chi connectivity index (χ2v) is 4.96. The smallest absolute Gasteiger partial charge is 0.338 e. The van der Waals surface area contributed by atoms with Gasteiger partial charge >= 0.3 is 5.97 Å². The van der Waals surface area contributed by atoms with E-state index in [9.17, 15) is 9.59 Å². The molecule has 0 bridgehead atoms. The molecule has 0 atom stereocenters. The average molecular weight is 291 g/mol. The van der Waals surface area contributed by atoms with Gasteiger partial charge in [-0.3, -0.25) is 4.79 Å². The fraction of sp³-hybridized carbons (Fsp3) is 0.143. The van der Waals surface area contributed by atoms with Gasteiger partial charge in [0.25, 0.3) is 0 Å². The molecular formula is C14H13NO4S. The number of hydrogen-bond donors (Lipinski definition) is 2. The summed E-state index contributed by atoms with van der Waals surface area (Å²) in [7, 11) is 1.58. The first-order valence-electron chi connectivity index (χ1n) is 5.83. The number of rotatable bonds is 5. The molecule has 0 aliphatic carbocycles. The van der Waals surface area contributed by atoms with Crippen LogP contribution in [0.1, 0.15) is 15.9 Å². The molecule has 0 fully saturated rings. The van der Waals surface area contributed by atoms with Crippen molar-refractivity contribution in [3.05, 3.63) is 46.8 Å². The predicted octanol–water partition coefficient (Wildman–Crippen LogP) is 2.64. The molecule has 0 aliphatic heterocycles. The number of carboxylic acid groups (broad SMARTS) is 1. The summed E-state index contributed by atoms with van der Waals surface area (Å²) < 4.78 is 5.04. The number of ether oxygens (including phenoxy) is 1. The third kappa shape index (κ3) is 3.36. The van der Waals surface area contributed by atoms with Crippen LogP contribution in [0.4, 0.5) is 5.00 Å². The standard InChI is InChI=1S/C14H13NO4S/c1-19-10-4-2-9(3-5-10)8-12(16)15-13-11(14(17)18)6-7-20-13/h2-7H,8H2,1H3,(H,15,16)(H,17,18). The highest BCUT2D eigenvalue weighted by Gasteiger charge is 2.14. The van der Waals surface area contributed by atoms with Crippen LogP contribution in [0.25, 0.3) is 0 Å². The molecule has 0 aliphatic rings. The van der Waals surface area contributed by atoms with Crippen molar-refractivity contribution < 1.29 is 19.4 Å². The largest absolute Gasteiger partial charge is 0.497 e. The summed E-state index contributed by atoms with van der Waals surface area (Å²) in [6.07, 6.45) is 0.182. The molecule has 20 heavy (non-hydrogen) atoms. The van der Waals surface area contributed by atoms with E-state index in [0.29, 0.717) is 5.00 Å². The topological polar surface area (TPSA) is 75.6 Å². The molecule has 6 heteroatoms. The first-order valence-corrected chi connectivity index (χ1v) is 6.71. The molecule has 1 aromatic heterocycles. The summed E-state index contributed by atoms with van der Waals surface area (Å²) in [4.78, 5) is 22.8. The molecule has 104 valence electrons. The van der Waals surface area contributed by atoms with Crippen molar-refractivity contribution >= 4 is 28.2 Å². The third-order valence-electron chi connectivity index (χ3n) is 2.67. The van der Waals surface area contributed by atoms with E-state index < -0.39 is 5.97 Å². The number of nitrogens with one attached hydrogen (secondary N) is 1. The van der Waals surface area contributed by atoms with E-state index in [4.69, 9.17) is 9.84 Å². The maximum atomic E-state index is 11.9. The van der Waals surface area contributed by atoms with Crippen molar-refractivity contribution in [3.8, 4) is 5.75 Å². The minimum absolute atomic E-state index is 0.109. The van der Waals surface area contributed by atoms with E-state index in [2.05, 4.69) is 5.32 Å². The number of thiophene rings is 1. The number of carboxylic acids is 1. The zero-order valence-corrected chi connectivity index (χ0v) is 11.6. The Morgan fingerprint density at radius 3 is 2.55 bits per heavy atom. The number of hydrogen-bond acceptors (Lipinski definition) is 4. The fourth-order valence-corrected chi connectivity index (χ4v) is 2.47. The molecule has 0 spiro atoms. The maximum Gasteiger partial charge on any atom is 0.338 e. The van der Waals surface area contributed by atoms with Gasteiger partial charge in [0.05, 0.1) is 19.1 Å². The molecule has 1 amide bonds. The Morgan fingerprint density at radius 2 is 1.95 bits per heavy atom. The number of carbonyl (C=O) groups is 2. The SMILES string of the molecule is COc1ccc(CC(=O)Nc2sccc2C(=O)O)cc1. The molecular weight excluding hydrogens is 278 g/mol. The van der Waals surface area contributed by atoms with Crippen molar-refractivity contribution in [2.45, 2.75) is 6.42 Å². The van der Waals surface area contributed by atoms with E-state index in [-0.39, 0.29) is 17.9 Å². The van der Waals surface area contributed by atoms with Gasteiger partial charge in [-0.05, 0) is 29.1 Å². The predicted molar refractivity (Wildman–Crippen MR) is 76.6 cm³/mol. The van der Waals surface area contributed by atoms with E-state index >= 15 is 0 Å². The molecule has 2 rings (SSSR count). The highest BCUT2D eigenvalue weighted by Crippen LogP contribution is 2.23. The van der Waals surface area contributed by atoms with Crippen molar-refractivity contribution in [2.75, 3.05) is 12.4 Å². The summed E-state index contributed by atoms with van der Waals surface area (Å²) in [6.45, 7) is 0. The van der Waals surface area contributed by atoms with Crippen LogP contribution in [0, 0.1) is 0 Å². The molecule has 0 radical (unpaired) electrons. The molecule has 1 aromatic carbocycles. The molecule has 1 heterocycles. The van der Waals surface area contributed by atoms with Crippen molar-refractivity contribution in [3.63, 3.8) is 0 Å². The van der Waals surface area contributed by atoms with Crippen LogP contribution in [0.3, 0.4) is 0 Å². The van der Waals surface area contributed by atoms with Gasteiger partial charge in [0.1, 0.15) is 10.8 Å². The summed E-state index contributed by atoms with van der Waals surface area (Å²) in [6, 6.07) is 8.61. The van der Waals surface area contributed by atoms with Crippen LogP contribution >= 0.6 is 11.3 Å². The molecule has 0 unspecified atom stereocenters. The van der Waals surface area contributed by atoms with Crippen LogP contribution in [0.5, 0.6) is 5.75 Å². The normalized spacial score (nSPS) is 10.1. The van der Waals surface area contributed by atoms with Gasteiger partial charge in [-0.1, -0.05) is 12.1 Å². The molecule has 5 nitrogen and oxygen atoms in total. The highest BCUT2D eigenvalue weighted by atomic mass is 32.1. The van der Waals surface area contributed by atoms with E-state index in [1.807, 2.05) is 0 Å². The second-order valence-electron chi connectivity index (χ2n) is 4.04. The average Bonchev–Trinajstić information content (AvgIpc) is 2.87. The lowest BCUT2D eigenvalue weighted by atomic mass is 10.1. The quantitative estimate of drug-likeness (QED) is 0.888. The van der Waals surface area contributed by atoms with Gasteiger partial charge in [0.15, 0.2) is 0 Å². The summed E-state index contributed by atoms with van der Waals surface area (Å²) in [5.74, 6) is -0.577. The fourth-order valence-electron chi connectivity index (χ4n) is 1.67. The van der Waals surface area contributed by atoms with Crippen LogP contribution in [0.2, 0.25) is 0 Å². The number of anilines is 1. The lowest BCUT2D eigenvalue weighted by molar-refractivity contribution is -0.115. The first-order chi connectivity index (χ1) is 9.60. The number of aromatic carboxylic acids is 1. The van der Waals surface area contributed by atoms with Crippen LogP contribution in [0.15, 0.2) is 35.7 Å². The van der Waals surface area contributed by atoms with Gasteiger partial charge in [0, 0.05) is 0 Å². The maximum absolute atomic E-state index is 11.9. The van der Waals surface area contributed by atoms with Gasteiger partial charge < -0.3 is 15.2 Å². The Balaban J connectivity index is 2.01. The summed E-state index contributed by atoms with van der Waals surface area (Å²) in [5, 5.41) is 13.6. The Labute approximate surface area is 119 Å². The third-order valence-corrected chi connectivity index (χ3v) is 3.50. The van der Waals surface area contributed by atoms with Crippen LogP contribution in [-0.2, 0) is 11.2 Å². The monoisotopic (exact) mass is 291 g/mol.